The van der Waals surface area contributed by atoms with Crippen LogP contribution in [0.2, 0.25) is 0 Å². The summed E-state index contributed by atoms with van der Waals surface area (Å²) in [5.74, 6) is -0.202. The number of nitrogens with one attached hydrogen (secondary N) is 2. The number of halogens is 3. The Morgan fingerprint density at radius 2 is 2.15 bits per heavy atom. The first-order valence-electron chi connectivity index (χ1n) is 6.08. The summed E-state index contributed by atoms with van der Waals surface area (Å²) in [6.45, 7) is 3.54. The Bertz CT molecular complexity index is 571. The fourth-order valence-electron chi connectivity index (χ4n) is 2.06. The van der Waals surface area contributed by atoms with Gasteiger partial charge in [-0.1, -0.05) is 6.92 Å². The summed E-state index contributed by atoms with van der Waals surface area (Å²) in [7, 11) is -3.62. The molecule has 114 valence electrons. The van der Waals surface area contributed by atoms with Gasteiger partial charge in [-0.05, 0) is 53.0 Å². The lowest BCUT2D eigenvalue weighted by Gasteiger charge is -2.29. The summed E-state index contributed by atoms with van der Waals surface area (Å²) in [5.41, 5.74) is 0. The quantitative estimate of drug-likeness (QED) is 0.836. The van der Waals surface area contributed by atoms with E-state index >= 15 is 0 Å². The smallest absolute Gasteiger partial charge is 0.240 e. The second kappa shape index (κ2) is 7.17. The van der Waals surface area contributed by atoms with Crippen molar-refractivity contribution in [3.8, 4) is 0 Å². The molecule has 1 aromatic carbocycles. The molecule has 2 atom stereocenters. The van der Waals surface area contributed by atoms with Gasteiger partial charge in [0, 0.05) is 12.6 Å². The van der Waals surface area contributed by atoms with Crippen molar-refractivity contribution in [2.45, 2.75) is 24.3 Å². The zero-order chi connectivity index (χ0) is 14.0. The molecule has 1 fully saturated rings. The van der Waals surface area contributed by atoms with Crippen LogP contribution in [-0.2, 0) is 10.0 Å². The third-order valence-electron chi connectivity index (χ3n) is 3.34. The third kappa shape index (κ3) is 4.14. The van der Waals surface area contributed by atoms with Crippen LogP contribution in [0.25, 0.3) is 0 Å². The molecule has 0 bridgehead atoms. The zero-order valence-electron chi connectivity index (χ0n) is 10.9. The lowest BCUT2D eigenvalue weighted by atomic mass is 9.96. The molecule has 0 radical (unpaired) electrons. The van der Waals surface area contributed by atoms with Gasteiger partial charge in [-0.3, -0.25) is 0 Å². The molecule has 0 spiro atoms. The largest absolute Gasteiger partial charge is 0.315 e. The topological polar surface area (TPSA) is 58.2 Å². The van der Waals surface area contributed by atoms with Crippen molar-refractivity contribution >= 4 is 38.4 Å². The standard InChI is InChI=1S/C12H16BrFN2O2S.ClH/c1-8-4-5-15-7-12(8)16-19(17,18)9-2-3-11(14)10(13)6-9;/h2-3,6,8,12,15-16H,4-5,7H2,1H3;1H. The van der Waals surface area contributed by atoms with Crippen LogP contribution in [0.4, 0.5) is 4.39 Å². The van der Waals surface area contributed by atoms with Gasteiger partial charge in [0.25, 0.3) is 0 Å². The highest BCUT2D eigenvalue weighted by molar-refractivity contribution is 9.10. The van der Waals surface area contributed by atoms with E-state index in [4.69, 9.17) is 0 Å². The molecule has 1 saturated heterocycles. The van der Waals surface area contributed by atoms with E-state index in [1.54, 1.807) is 0 Å². The highest BCUT2D eigenvalue weighted by Gasteiger charge is 2.26. The molecular weight excluding hydrogens is 371 g/mol. The molecule has 4 nitrogen and oxygen atoms in total. The maximum Gasteiger partial charge on any atom is 0.240 e. The Morgan fingerprint density at radius 1 is 1.45 bits per heavy atom. The SMILES string of the molecule is CC1CCNCC1NS(=O)(=O)c1ccc(F)c(Br)c1.Cl. The van der Waals surface area contributed by atoms with Gasteiger partial charge in [-0.15, -0.1) is 12.4 Å². The minimum absolute atomic E-state index is 0. The molecule has 2 rings (SSSR count). The maximum absolute atomic E-state index is 13.1. The Labute approximate surface area is 133 Å². The monoisotopic (exact) mass is 386 g/mol. The Hall–Kier alpha value is -0.210. The number of rotatable bonds is 3. The molecule has 0 saturated carbocycles. The van der Waals surface area contributed by atoms with E-state index in [-0.39, 0.29) is 33.7 Å². The maximum atomic E-state index is 13.1. The van der Waals surface area contributed by atoms with Crippen molar-refractivity contribution in [2.24, 2.45) is 5.92 Å². The average molecular weight is 388 g/mol. The summed E-state index contributed by atoms with van der Waals surface area (Å²) in [4.78, 5) is 0.0681. The number of hydrogen-bond acceptors (Lipinski definition) is 3. The Morgan fingerprint density at radius 3 is 2.75 bits per heavy atom. The first-order chi connectivity index (χ1) is 8.90. The molecule has 8 heteroatoms. The predicted octanol–water partition coefficient (Wildman–Crippen LogP) is 2.29. The molecule has 0 aromatic heterocycles. The van der Waals surface area contributed by atoms with Crippen LogP contribution in [0.15, 0.2) is 27.6 Å². The fourth-order valence-corrected chi connectivity index (χ4v) is 3.96. The minimum atomic E-state index is -3.62. The Balaban J connectivity index is 0.00000200. The van der Waals surface area contributed by atoms with E-state index in [0.717, 1.165) is 19.0 Å². The first kappa shape index (κ1) is 17.8. The van der Waals surface area contributed by atoms with Crippen molar-refractivity contribution in [1.82, 2.24) is 10.0 Å². The molecule has 2 unspecified atom stereocenters. The van der Waals surface area contributed by atoms with E-state index in [1.807, 2.05) is 6.92 Å². The third-order valence-corrected chi connectivity index (χ3v) is 5.43. The molecular formula is C12H17BrClFN2O2S. The van der Waals surface area contributed by atoms with Crippen LogP contribution < -0.4 is 10.0 Å². The van der Waals surface area contributed by atoms with Gasteiger partial charge in [-0.25, -0.2) is 17.5 Å². The van der Waals surface area contributed by atoms with Gasteiger partial charge in [0.15, 0.2) is 0 Å². The molecule has 0 amide bonds. The average Bonchev–Trinajstić information content (AvgIpc) is 2.35. The van der Waals surface area contributed by atoms with Gasteiger partial charge in [0.2, 0.25) is 10.0 Å². The van der Waals surface area contributed by atoms with Gasteiger partial charge >= 0.3 is 0 Å². The van der Waals surface area contributed by atoms with Crippen LogP contribution in [0.1, 0.15) is 13.3 Å². The molecule has 20 heavy (non-hydrogen) atoms. The lowest BCUT2D eigenvalue weighted by molar-refractivity contribution is 0.327. The number of sulfonamides is 1. The normalized spacial score (nSPS) is 23.1. The van der Waals surface area contributed by atoms with Crippen LogP contribution in [0.5, 0.6) is 0 Å². The van der Waals surface area contributed by atoms with Crippen LogP contribution >= 0.6 is 28.3 Å². The number of benzene rings is 1. The summed E-state index contributed by atoms with van der Waals surface area (Å²) >= 11 is 3.00. The molecule has 1 heterocycles. The van der Waals surface area contributed by atoms with Crippen molar-refractivity contribution < 1.29 is 12.8 Å². The van der Waals surface area contributed by atoms with Crippen LogP contribution in [0.3, 0.4) is 0 Å². The molecule has 1 aliphatic heterocycles. The molecule has 1 aliphatic rings. The second-order valence-electron chi connectivity index (χ2n) is 4.77. The van der Waals surface area contributed by atoms with Crippen molar-refractivity contribution in [3.05, 3.63) is 28.5 Å². The minimum Gasteiger partial charge on any atom is -0.315 e. The summed E-state index contributed by atoms with van der Waals surface area (Å²) < 4.78 is 40.4. The molecule has 1 aromatic rings. The number of hydrogen-bond donors (Lipinski definition) is 2. The van der Waals surface area contributed by atoms with E-state index in [2.05, 4.69) is 26.0 Å². The molecule has 2 N–H and O–H groups in total. The van der Waals surface area contributed by atoms with E-state index in [1.165, 1.54) is 12.1 Å². The van der Waals surface area contributed by atoms with E-state index in [9.17, 15) is 12.8 Å². The van der Waals surface area contributed by atoms with Gasteiger partial charge in [0.1, 0.15) is 5.82 Å². The zero-order valence-corrected chi connectivity index (χ0v) is 14.1. The highest BCUT2D eigenvalue weighted by atomic mass is 79.9. The highest BCUT2D eigenvalue weighted by Crippen LogP contribution is 2.21. The van der Waals surface area contributed by atoms with Gasteiger partial charge < -0.3 is 5.32 Å². The van der Waals surface area contributed by atoms with Crippen molar-refractivity contribution in [2.75, 3.05) is 13.1 Å². The van der Waals surface area contributed by atoms with Crippen molar-refractivity contribution in [3.63, 3.8) is 0 Å². The van der Waals surface area contributed by atoms with E-state index < -0.39 is 15.8 Å². The number of piperidine rings is 1. The first-order valence-corrected chi connectivity index (χ1v) is 8.36. The fraction of sp³-hybridized carbons (Fsp3) is 0.500. The van der Waals surface area contributed by atoms with Gasteiger partial charge in [-0.2, -0.15) is 0 Å². The molecule has 0 aliphatic carbocycles. The van der Waals surface area contributed by atoms with Crippen molar-refractivity contribution in [1.29, 1.82) is 0 Å². The predicted molar refractivity (Wildman–Crippen MR) is 82.1 cm³/mol. The summed E-state index contributed by atoms with van der Waals surface area (Å²) in [6, 6.07) is 3.55. The summed E-state index contributed by atoms with van der Waals surface area (Å²) in [6.07, 6.45) is 0.931. The second-order valence-corrected chi connectivity index (χ2v) is 7.34. The van der Waals surface area contributed by atoms with Crippen LogP contribution in [-0.4, -0.2) is 27.5 Å². The van der Waals surface area contributed by atoms with Crippen LogP contribution in [0, 0.1) is 11.7 Å². The lowest BCUT2D eigenvalue weighted by Crippen LogP contribution is -2.50. The Kier molecular flexibility index (Phi) is 6.40. The van der Waals surface area contributed by atoms with Gasteiger partial charge in [0.05, 0.1) is 9.37 Å². The van der Waals surface area contributed by atoms with E-state index in [0.29, 0.717) is 6.54 Å². The summed E-state index contributed by atoms with van der Waals surface area (Å²) in [5, 5.41) is 3.16.